The highest BCUT2D eigenvalue weighted by Crippen LogP contribution is 2.26. The number of carbonyl (C=O) groups is 1. The number of aryl methyl sites for hydroxylation is 1. The van der Waals surface area contributed by atoms with Crippen molar-refractivity contribution in [3.8, 4) is 5.75 Å². The second-order valence-corrected chi connectivity index (χ2v) is 5.04. The van der Waals surface area contributed by atoms with E-state index in [1.165, 1.54) is 0 Å². The fourth-order valence-electron chi connectivity index (χ4n) is 2.36. The van der Waals surface area contributed by atoms with Gasteiger partial charge in [0.25, 0.3) is 0 Å². The van der Waals surface area contributed by atoms with Gasteiger partial charge in [0, 0.05) is 6.42 Å². The summed E-state index contributed by atoms with van der Waals surface area (Å²) in [5, 5.41) is 6.23. The monoisotopic (exact) mass is 298 g/mol. The summed E-state index contributed by atoms with van der Waals surface area (Å²) in [5.41, 5.74) is 1.89. The Labute approximate surface area is 126 Å². The molecular formula is C15H23ClN2O2. The molecule has 1 aliphatic rings. The summed E-state index contributed by atoms with van der Waals surface area (Å²) in [6, 6.07) is 5.84. The number of ether oxygens (including phenoxy) is 1. The molecule has 1 atom stereocenters. The Kier molecular flexibility index (Phi) is 6.82. The van der Waals surface area contributed by atoms with Crippen molar-refractivity contribution < 1.29 is 9.53 Å². The average molecular weight is 299 g/mol. The van der Waals surface area contributed by atoms with E-state index in [1.54, 1.807) is 0 Å². The summed E-state index contributed by atoms with van der Waals surface area (Å²) >= 11 is 0. The van der Waals surface area contributed by atoms with Crippen LogP contribution in [-0.2, 0) is 4.79 Å². The fraction of sp³-hybridized carbons (Fsp3) is 0.533. The maximum absolute atomic E-state index is 12.0. The highest BCUT2D eigenvalue weighted by Gasteiger charge is 2.18. The summed E-state index contributed by atoms with van der Waals surface area (Å²) in [7, 11) is 0. The molecule has 2 rings (SSSR count). The van der Waals surface area contributed by atoms with Gasteiger partial charge < -0.3 is 15.4 Å². The molecule has 1 heterocycles. The van der Waals surface area contributed by atoms with E-state index >= 15 is 0 Å². The Morgan fingerprint density at radius 2 is 2.30 bits per heavy atom. The molecule has 0 radical (unpaired) electrons. The molecular weight excluding hydrogens is 276 g/mol. The van der Waals surface area contributed by atoms with E-state index in [4.69, 9.17) is 4.74 Å². The molecule has 1 fully saturated rings. The first-order valence-electron chi connectivity index (χ1n) is 6.93. The minimum absolute atomic E-state index is 0. The smallest absolute Gasteiger partial charge is 0.224 e. The second kappa shape index (κ2) is 8.12. The third-order valence-electron chi connectivity index (χ3n) is 3.35. The normalized spacial score (nSPS) is 17.4. The molecule has 20 heavy (non-hydrogen) atoms. The van der Waals surface area contributed by atoms with Gasteiger partial charge in [-0.25, -0.2) is 0 Å². The van der Waals surface area contributed by atoms with Crippen LogP contribution in [0.25, 0.3) is 0 Å². The van der Waals surface area contributed by atoms with Gasteiger partial charge in [-0.15, -0.1) is 12.4 Å². The highest BCUT2D eigenvalue weighted by molar-refractivity contribution is 5.92. The highest BCUT2D eigenvalue weighted by atomic mass is 35.5. The molecule has 0 aromatic heterocycles. The van der Waals surface area contributed by atoms with Gasteiger partial charge in [0.15, 0.2) is 0 Å². The molecule has 1 amide bonds. The van der Waals surface area contributed by atoms with Crippen molar-refractivity contribution in [1.82, 2.24) is 5.32 Å². The van der Waals surface area contributed by atoms with Crippen LogP contribution >= 0.6 is 12.4 Å². The summed E-state index contributed by atoms with van der Waals surface area (Å²) in [4.78, 5) is 12.0. The van der Waals surface area contributed by atoms with Gasteiger partial charge in [0.1, 0.15) is 5.75 Å². The van der Waals surface area contributed by atoms with Crippen LogP contribution in [-0.4, -0.2) is 25.6 Å². The standard InChI is InChI=1S/C15H22N2O2.ClH/c1-3-19-14-8-11(2)4-5-13(14)17-15(18)9-12-6-7-16-10-12;/h4-5,8,12,16H,3,6-7,9-10H2,1-2H3,(H,17,18);1H. The van der Waals surface area contributed by atoms with Gasteiger partial charge in [-0.2, -0.15) is 0 Å². The van der Waals surface area contributed by atoms with E-state index in [0.717, 1.165) is 36.5 Å². The lowest BCUT2D eigenvalue weighted by Crippen LogP contribution is -2.18. The summed E-state index contributed by atoms with van der Waals surface area (Å²) in [6.07, 6.45) is 1.66. The van der Waals surface area contributed by atoms with Crippen LogP contribution in [0, 0.1) is 12.8 Å². The van der Waals surface area contributed by atoms with E-state index in [-0.39, 0.29) is 18.3 Å². The van der Waals surface area contributed by atoms with Crippen molar-refractivity contribution in [2.45, 2.75) is 26.7 Å². The Hall–Kier alpha value is -1.26. The molecule has 5 heteroatoms. The van der Waals surface area contributed by atoms with Crippen molar-refractivity contribution in [3.63, 3.8) is 0 Å². The number of amides is 1. The second-order valence-electron chi connectivity index (χ2n) is 5.04. The maximum atomic E-state index is 12.0. The zero-order chi connectivity index (χ0) is 13.7. The lowest BCUT2D eigenvalue weighted by molar-refractivity contribution is -0.117. The van der Waals surface area contributed by atoms with Gasteiger partial charge >= 0.3 is 0 Å². The molecule has 0 bridgehead atoms. The van der Waals surface area contributed by atoms with E-state index < -0.39 is 0 Å². The van der Waals surface area contributed by atoms with E-state index in [9.17, 15) is 4.79 Å². The summed E-state index contributed by atoms with van der Waals surface area (Å²) in [6.45, 7) is 6.52. The fourth-order valence-corrected chi connectivity index (χ4v) is 2.36. The zero-order valence-corrected chi connectivity index (χ0v) is 12.9. The van der Waals surface area contributed by atoms with Crippen molar-refractivity contribution in [3.05, 3.63) is 23.8 Å². The van der Waals surface area contributed by atoms with Crippen molar-refractivity contribution in [2.24, 2.45) is 5.92 Å². The van der Waals surface area contributed by atoms with Crippen LogP contribution in [0.2, 0.25) is 0 Å². The van der Waals surface area contributed by atoms with Crippen molar-refractivity contribution >= 4 is 24.0 Å². The summed E-state index contributed by atoms with van der Waals surface area (Å²) < 4.78 is 5.56. The lowest BCUT2D eigenvalue weighted by Gasteiger charge is -2.13. The number of benzene rings is 1. The molecule has 4 nitrogen and oxygen atoms in total. The molecule has 1 aliphatic heterocycles. The molecule has 0 saturated carbocycles. The Morgan fingerprint density at radius 1 is 1.50 bits per heavy atom. The minimum atomic E-state index is 0. The van der Waals surface area contributed by atoms with Crippen molar-refractivity contribution in [2.75, 3.05) is 25.0 Å². The van der Waals surface area contributed by atoms with Gasteiger partial charge in [-0.3, -0.25) is 4.79 Å². The van der Waals surface area contributed by atoms with Crippen molar-refractivity contribution in [1.29, 1.82) is 0 Å². The zero-order valence-electron chi connectivity index (χ0n) is 12.1. The quantitative estimate of drug-likeness (QED) is 0.879. The lowest BCUT2D eigenvalue weighted by atomic mass is 10.0. The van der Waals surface area contributed by atoms with Crippen LogP contribution < -0.4 is 15.4 Å². The molecule has 1 aromatic rings. The van der Waals surface area contributed by atoms with Crippen LogP contribution in [0.4, 0.5) is 5.69 Å². The van der Waals surface area contributed by atoms with Gasteiger partial charge in [-0.05, 0) is 57.0 Å². The van der Waals surface area contributed by atoms with E-state index in [2.05, 4.69) is 10.6 Å². The van der Waals surface area contributed by atoms with E-state index in [1.807, 2.05) is 32.0 Å². The number of halogens is 1. The molecule has 2 N–H and O–H groups in total. The topological polar surface area (TPSA) is 50.4 Å². The third kappa shape index (κ3) is 4.69. The van der Waals surface area contributed by atoms with Crippen LogP contribution in [0.5, 0.6) is 5.75 Å². The number of nitrogens with one attached hydrogen (secondary N) is 2. The Morgan fingerprint density at radius 3 is 2.95 bits per heavy atom. The largest absolute Gasteiger partial charge is 0.492 e. The number of hydrogen-bond acceptors (Lipinski definition) is 3. The number of anilines is 1. The van der Waals surface area contributed by atoms with Gasteiger partial charge in [0.05, 0.1) is 12.3 Å². The molecule has 1 unspecified atom stereocenters. The first-order chi connectivity index (χ1) is 9.19. The van der Waals surface area contributed by atoms with E-state index in [0.29, 0.717) is 18.9 Å². The Balaban J connectivity index is 0.00000200. The third-order valence-corrected chi connectivity index (χ3v) is 3.35. The molecule has 0 spiro atoms. The first kappa shape index (κ1) is 16.8. The Bertz CT molecular complexity index is 445. The first-order valence-corrected chi connectivity index (χ1v) is 6.93. The number of carbonyl (C=O) groups excluding carboxylic acids is 1. The van der Waals surface area contributed by atoms with Crippen LogP contribution in [0.3, 0.4) is 0 Å². The number of hydrogen-bond donors (Lipinski definition) is 2. The molecule has 0 aliphatic carbocycles. The maximum Gasteiger partial charge on any atom is 0.224 e. The minimum Gasteiger partial charge on any atom is -0.492 e. The van der Waals surface area contributed by atoms with Crippen LogP contribution in [0.1, 0.15) is 25.3 Å². The van der Waals surface area contributed by atoms with Gasteiger partial charge in [0.2, 0.25) is 5.91 Å². The molecule has 112 valence electrons. The van der Waals surface area contributed by atoms with Crippen LogP contribution in [0.15, 0.2) is 18.2 Å². The average Bonchev–Trinajstić information content (AvgIpc) is 2.86. The predicted molar refractivity (Wildman–Crippen MR) is 83.8 cm³/mol. The number of rotatable bonds is 5. The molecule has 1 saturated heterocycles. The molecule has 1 aromatic carbocycles. The predicted octanol–water partition coefficient (Wildman–Crippen LogP) is 2.75. The SMILES string of the molecule is CCOc1cc(C)ccc1NC(=O)CC1CCNC1.Cl. The summed E-state index contributed by atoms with van der Waals surface area (Å²) in [5.74, 6) is 1.28. The van der Waals surface area contributed by atoms with Gasteiger partial charge in [-0.1, -0.05) is 6.07 Å².